The number of nitrogens with zero attached hydrogens (tertiary/aromatic N) is 5. The number of aliphatic imine (C=N–C) groups is 2. The third kappa shape index (κ3) is 4.61. The van der Waals surface area contributed by atoms with Gasteiger partial charge in [-0.1, -0.05) is 6.42 Å². The number of fused-ring (bicyclic) bond motifs is 3. The van der Waals surface area contributed by atoms with E-state index < -0.39 is 0 Å². The van der Waals surface area contributed by atoms with Crippen molar-refractivity contribution in [1.82, 2.24) is 20.1 Å². The van der Waals surface area contributed by atoms with E-state index in [2.05, 4.69) is 20.2 Å². The summed E-state index contributed by atoms with van der Waals surface area (Å²) in [6.07, 6.45) is 8.04. The number of amidine groups is 1. The van der Waals surface area contributed by atoms with Crippen LogP contribution in [0.25, 0.3) is 0 Å². The van der Waals surface area contributed by atoms with E-state index >= 15 is 0 Å². The highest BCUT2D eigenvalue weighted by Crippen LogP contribution is 2.43. The number of aromatic nitrogens is 1. The lowest BCUT2D eigenvalue weighted by atomic mass is 10.1. The minimum Gasteiger partial charge on any atom is -0.491 e. The van der Waals surface area contributed by atoms with Gasteiger partial charge >= 0.3 is 0 Å². The van der Waals surface area contributed by atoms with Gasteiger partial charge in [0.25, 0.3) is 5.91 Å². The van der Waals surface area contributed by atoms with Gasteiger partial charge in [0.15, 0.2) is 11.5 Å². The van der Waals surface area contributed by atoms with Crippen molar-refractivity contribution in [2.24, 2.45) is 9.98 Å². The topological polar surface area (TPSA) is 91.7 Å². The molecule has 9 heteroatoms. The summed E-state index contributed by atoms with van der Waals surface area (Å²) in [6, 6.07) is 7.34. The number of methoxy groups -OCH3 is 1. The summed E-state index contributed by atoms with van der Waals surface area (Å²) < 4.78 is 11.9. The van der Waals surface area contributed by atoms with Crippen molar-refractivity contribution in [1.29, 1.82) is 0 Å². The first kappa shape index (κ1) is 22.3. The van der Waals surface area contributed by atoms with E-state index in [0.717, 1.165) is 24.4 Å². The molecule has 5 rings (SSSR count). The lowest BCUT2D eigenvalue weighted by Gasteiger charge is -2.29. The first-order valence-corrected chi connectivity index (χ1v) is 11.9. The molecule has 1 amide bonds. The highest BCUT2D eigenvalue weighted by molar-refractivity contribution is 6.20. The van der Waals surface area contributed by atoms with Crippen LogP contribution >= 0.6 is 0 Å². The lowest BCUT2D eigenvalue weighted by Crippen LogP contribution is -2.47. The number of carbonyl (C=O) groups excluding carboxylic acids is 1. The number of rotatable bonds is 7. The minimum atomic E-state index is -0.273. The number of ether oxygens (including phenoxy) is 2. The smallest absolute Gasteiger partial charge is 0.259 e. The number of hydrogen-bond acceptors (Lipinski definition) is 8. The van der Waals surface area contributed by atoms with E-state index in [1.807, 2.05) is 17.0 Å². The molecule has 0 radical (unpaired) electrons. The molecular weight excluding hydrogens is 432 g/mol. The summed E-state index contributed by atoms with van der Waals surface area (Å²) in [7, 11) is 1.61. The molecule has 4 heterocycles. The second-order valence-corrected chi connectivity index (χ2v) is 8.59. The van der Waals surface area contributed by atoms with Gasteiger partial charge < -0.3 is 14.4 Å². The zero-order valence-corrected chi connectivity index (χ0v) is 19.5. The molecule has 3 aliphatic heterocycles. The van der Waals surface area contributed by atoms with E-state index in [0.29, 0.717) is 48.4 Å². The van der Waals surface area contributed by atoms with Gasteiger partial charge in [-0.3, -0.25) is 25.0 Å². The number of piperidine rings is 1. The molecular formula is C25H30N6O3. The molecule has 1 aromatic carbocycles. The van der Waals surface area contributed by atoms with Crippen LogP contribution in [0, 0.1) is 0 Å². The third-order valence-corrected chi connectivity index (χ3v) is 6.33. The standard InChI is InChI=1S/C25H30N6O3/c1-33-22-20(34-16-6-14-30-12-3-2-4-13-30)9-8-19-21(22)28-25(31-15-11-27-23(19)31)29-24(32)18-7-5-10-26-17-18/h5,7-10,17H,2-4,6,11-16H2,1H3,(H,28,29,32). The van der Waals surface area contributed by atoms with Crippen LogP contribution in [0.15, 0.2) is 46.6 Å². The first-order valence-electron chi connectivity index (χ1n) is 11.9. The van der Waals surface area contributed by atoms with Crippen molar-refractivity contribution >= 4 is 23.4 Å². The van der Waals surface area contributed by atoms with Gasteiger partial charge in [0.1, 0.15) is 11.5 Å². The summed E-state index contributed by atoms with van der Waals surface area (Å²) in [5, 5.41) is 2.92. The minimum absolute atomic E-state index is 0.273. The van der Waals surface area contributed by atoms with E-state index in [1.165, 1.54) is 38.5 Å². The van der Waals surface area contributed by atoms with Crippen molar-refractivity contribution < 1.29 is 14.3 Å². The first-order chi connectivity index (χ1) is 16.7. The maximum atomic E-state index is 12.8. The fourth-order valence-corrected chi connectivity index (χ4v) is 4.62. The van der Waals surface area contributed by atoms with E-state index in [1.54, 1.807) is 25.4 Å². The van der Waals surface area contributed by atoms with Crippen molar-refractivity contribution in [2.75, 3.05) is 46.4 Å². The van der Waals surface area contributed by atoms with Crippen molar-refractivity contribution in [3.05, 3.63) is 47.8 Å². The Morgan fingerprint density at radius 1 is 1.15 bits per heavy atom. The van der Waals surface area contributed by atoms with Gasteiger partial charge in [-0.2, -0.15) is 0 Å². The van der Waals surface area contributed by atoms with Crippen LogP contribution < -0.4 is 14.8 Å². The number of hydrogen-bond donors (Lipinski definition) is 1. The normalized spacial score (nSPS) is 17.4. The Balaban J connectivity index is 1.35. The van der Waals surface area contributed by atoms with Crippen LogP contribution in [0.2, 0.25) is 0 Å². The Bertz CT molecular complexity index is 1100. The van der Waals surface area contributed by atoms with Crippen molar-refractivity contribution in [2.45, 2.75) is 25.7 Å². The zero-order chi connectivity index (χ0) is 23.3. The number of amides is 1. The number of benzene rings is 1. The summed E-state index contributed by atoms with van der Waals surface area (Å²) in [4.78, 5) is 30.7. The number of carbonyl (C=O) groups is 1. The predicted octanol–water partition coefficient (Wildman–Crippen LogP) is 2.84. The van der Waals surface area contributed by atoms with Gasteiger partial charge in [0.05, 0.1) is 25.8 Å². The molecule has 1 saturated heterocycles. The largest absolute Gasteiger partial charge is 0.491 e. The molecule has 0 bridgehead atoms. The average Bonchev–Trinajstić information content (AvgIpc) is 3.38. The molecule has 0 saturated carbocycles. The zero-order valence-electron chi connectivity index (χ0n) is 19.5. The summed E-state index contributed by atoms with van der Waals surface area (Å²) in [6.45, 7) is 5.30. The molecule has 0 unspecified atom stereocenters. The van der Waals surface area contributed by atoms with Crippen LogP contribution in [-0.4, -0.2) is 78.9 Å². The second-order valence-electron chi connectivity index (χ2n) is 8.59. The van der Waals surface area contributed by atoms with Crippen LogP contribution in [0.3, 0.4) is 0 Å². The molecule has 0 spiro atoms. The average molecular weight is 463 g/mol. The summed E-state index contributed by atoms with van der Waals surface area (Å²) in [5.41, 5.74) is 1.95. The second kappa shape index (κ2) is 10.2. The molecule has 9 nitrogen and oxygen atoms in total. The Morgan fingerprint density at radius 3 is 2.82 bits per heavy atom. The van der Waals surface area contributed by atoms with Gasteiger partial charge in [-0.05, 0) is 56.6 Å². The highest BCUT2D eigenvalue weighted by Gasteiger charge is 2.33. The summed E-state index contributed by atoms with van der Waals surface area (Å²) >= 11 is 0. The van der Waals surface area contributed by atoms with Crippen molar-refractivity contribution in [3.8, 4) is 11.5 Å². The monoisotopic (exact) mass is 462 g/mol. The van der Waals surface area contributed by atoms with Gasteiger partial charge in [-0.25, -0.2) is 4.99 Å². The Hall–Kier alpha value is -3.46. The third-order valence-electron chi connectivity index (χ3n) is 6.33. The maximum absolute atomic E-state index is 12.8. The number of likely N-dealkylation sites (tertiary alicyclic amines) is 1. The molecule has 178 valence electrons. The number of guanidine groups is 1. The predicted molar refractivity (Wildman–Crippen MR) is 130 cm³/mol. The number of nitrogens with one attached hydrogen (secondary N) is 1. The Kier molecular flexibility index (Phi) is 6.71. The molecule has 3 aliphatic rings. The van der Waals surface area contributed by atoms with Crippen molar-refractivity contribution in [3.63, 3.8) is 0 Å². The van der Waals surface area contributed by atoms with Crippen LogP contribution in [0.4, 0.5) is 5.69 Å². The molecule has 1 aromatic heterocycles. The summed E-state index contributed by atoms with van der Waals surface area (Å²) in [5.74, 6) is 2.14. The number of pyridine rings is 1. The molecule has 0 aliphatic carbocycles. The quantitative estimate of drug-likeness (QED) is 0.637. The molecule has 2 aromatic rings. The Labute approximate surface area is 199 Å². The van der Waals surface area contributed by atoms with E-state index in [9.17, 15) is 4.79 Å². The van der Waals surface area contributed by atoms with E-state index in [4.69, 9.17) is 14.5 Å². The maximum Gasteiger partial charge on any atom is 0.259 e. The molecule has 0 atom stereocenters. The molecule has 34 heavy (non-hydrogen) atoms. The van der Waals surface area contributed by atoms with Gasteiger partial charge in [-0.15, -0.1) is 0 Å². The van der Waals surface area contributed by atoms with Crippen LogP contribution in [0.5, 0.6) is 11.5 Å². The van der Waals surface area contributed by atoms with Gasteiger partial charge in [0, 0.05) is 31.0 Å². The van der Waals surface area contributed by atoms with Gasteiger partial charge in [0.2, 0.25) is 5.96 Å². The molecule has 1 fully saturated rings. The lowest BCUT2D eigenvalue weighted by molar-refractivity contribution is 0.0973. The van der Waals surface area contributed by atoms with Crippen LogP contribution in [-0.2, 0) is 0 Å². The molecule has 1 N–H and O–H groups in total. The Morgan fingerprint density at radius 2 is 2.03 bits per heavy atom. The highest BCUT2D eigenvalue weighted by atomic mass is 16.5. The fraction of sp³-hybridized carbons (Fsp3) is 0.440. The SMILES string of the molecule is COc1c(OCCCN2CCCCC2)ccc2c1N=C(NC(=O)c1cccnc1)N1CCN=C21. The van der Waals surface area contributed by atoms with E-state index in [-0.39, 0.29) is 5.91 Å². The van der Waals surface area contributed by atoms with Crippen LogP contribution in [0.1, 0.15) is 41.6 Å². The fourth-order valence-electron chi connectivity index (χ4n) is 4.62.